The maximum Gasteiger partial charge on any atom is 0.332 e. The van der Waals surface area contributed by atoms with E-state index < -0.39 is 30.7 Å². The third kappa shape index (κ3) is 5.10. The molecule has 198 valence electrons. The van der Waals surface area contributed by atoms with E-state index >= 15 is 0 Å². The van der Waals surface area contributed by atoms with Crippen molar-refractivity contribution in [3.63, 3.8) is 0 Å². The number of hydrogen-bond acceptors (Lipinski definition) is 6. The van der Waals surface area contributed by atoms with Gasteiger partial charge in [0, 0.05) is 30.1 Å². The third-order valence-corrected chi connectivity index (χ3v) is 7.63. The SMILES string of the molecule is O=CN1CCC(n2c(=O)n(Cc3csc(-c4ccccc4)n3)c(=O)c3cc(OC(CF)CF)ccc32)CC1. The molecule has 1 aliphatic heterocycles. The van der Waals surface area contributed by atoms with Crippen LogP contribution in [-0.4, -0.2) is 58.0 Å². The van der Waals surface area contributed by atoms with Crippen molar-refractivity contribution in [1.29, 1.82) is 0 Å². The first-order chi connectivity index (χ1) is 18.5. The molecule has 2 aromatic carbocycles. The van der Waals surface area contributed by atoms with Gasteiger partial charge in [-0.15, -0.1) is 11.3 Å². The van der Waals surface area contributed by atoms with Crippen LogP contribution in [-0.2, 0) is 11.3 Å². The van der Waals surface area contributed by atoms with Crippen molar-refractivity contribution in [3.8, 4) is 16.3 Å². The van der Waals surface area contributed by atoms with Gasteiger partial charge >= 0.3 is 5.69 Å². The Balaban J connectivity index is 1.59. The summed E-state index contributed by atoms with van der Waals surface area (Å²) in [5.41, 5.74) is 0.903. The zero-order chi connectivity index (χ0) is 26.6. The van der Waals surface area contributed by atoms with E-state index in [1.54, 1.807) is 15.5 Å². The average molecular weight is 541 g/mol. The van der Waals surface area contributed by atoms with Gasteiger partial charge in [-0.3, -0.25) is 18.7 Å². The van der Waals surface area contributed by atoms with E-state index in [0.29, 0.717) is 37.1 Å². The molecular weight excluding hydrogens is 514 g/mol. The normalized spacial score (nSPS) is 14.3. The number of hydrogen-bond donors (Lipinski definition) is 0. The standard InChI is InChI=1S/C27H26F2N4O4S/c28-13-22(14-29)37-21-6-7-24-23(12-21)26(35)32(27(36)33(24)20-8-10-31(17-34)11-9-20)15-19-16-38-25(30-19)18-4-2-1-3-5-18/h1-7,12,16-17,20,22H,8-11,13-15H2. The lowest BCUT2D eigenvalue weighted by Crippen LogP contribution is -2.44. The lowest BCUT2D eigenvalue weighted by Gasteiger charge is -2.31. The smallest absolute Gasteiger partial charge is 0.332 e. The van der Waals surface area contributed by atoms with Gasteiger partial charge in [-0.1, -0.05) is 30.3 Å². The number of aromatic nitrogens is 3. The number of benzene rings is 2. The Hall–Kier alpha value is -3.86. The molecule has 3 heterocycles. The second-order valence-electron chi connectivity index (χ2n) is 9.15. The van der Waals surface area contributed by atoms with E-state index in [1.807, 2.05) is 35.7 Å². The Morgan fingerprint density at radius 3 is 2.50 bits per heavy atom. The topological polar surface area (TPSA) is 86.4 Å². The van der Waals surface area contributed by atoms with Crippen molar-refractivity contribution in [3.05, 3.63) is 80.4 Å². The van der Waals surface area contributed by atoms with Crippen LogP contribution in [0.4, 0.5) is 8.78 Å². The fraction of sp³-hybridized carbons (Fsp3) is 0.333. The molecule has 0 unspecified atom stereocenters. The molecule has 2 aromatic heterocycles. The number of thiazole rings is 1. The lowest BCUT2D eigenvalue weighted by atomic mass is 10.0. The molecule has 8 nitrogen and oxygen atoms in total. The highest BCUT2D eigenvalue weighted by Gasteiger charge is 2.25. The Bertz CT molecular complexity index is 1540. The maximum absolute atomic E-state index is 13.8. The number of likely N-dealkylation sites (tertiary alicyclic amines) is 1. The van der Waals surface area contributed by atoms with Gasteiger partial charge in [0.15, 0.2) is 6.10 Å². The predicted octanol–water partition coefficient (Wildman–Crippen LogP) is 3.81. The number of alkyl halides is 2. The van der Waals surface area contributed by atoms with Gasteiger partial charge in [-0.05, 0) is 31.0 Å². The van der Waals surface area contributed by atoms with Gasteiger partial charge in [0.1, 0.15) is 24.1 Å². The second-order valence-corrected chi connectivity index (χ2v) is 10.0. The number of fused-ring (bicyclic) bond motifs is 1. The van der Waals surface area contributed by atoms with Gasteiger partial charge in [-0.25, -0.2) is 18.6 Å². The number of rotatable bonds is 9. The number of piperidine rings is 1. The van der Waals surface area contributed by atoms with Crippen molar-refractivity contribution in [2.24, 2.45) is 0 Å². The largest absolute Gasteiger partial charge is 0.485 e. The van der Waals surface area contributed by atoms with Crippen LogP contribution in [0.1, 0.15) is 24.6 Å². The molecule has 38 heavy (non-hydrogen) atoms. The number of carbonyl (C=O) groups is 1. The van der Waals surface area contributed by atoms with Crippen LogP contribution in [0.2, 0.25) is 0 Å². The molecule has 5 rings (SSSR count). The molecule has 0 aliphatic carbocycles. The second kappa shape index (κ2) is 11.3. The fourth-order valence-electron chi connectivity index (χ4n) is 4.73. The van der Waals surface area contributed by atoms with Crippen LogP contribution < -0.4 is 16.0 Å². The number of halogens is 2. The first kappa shape index (κ1) is 25.8. The molecular formula is C27H26F2N4O4S. The zero-order valence-corrected chi connectivity index (χ0v) is 21.3. The molecule has 0 radical (unpaired) electrons. The molecule has 0 N–H and O–H groups in total. The minimum absolute atomic E-state index is 0.0349. The molecule has 1 fully saturated rings. The van der Waals surface area contributed by atoms with Crippen molar-refractivity contribution in [2.45, 2.75) is 31.5 Å². The van der Waals surface area contributed by atoms with Crippen molar-refractivity contribution in [2.75, 3.05) is 26.4 Å². The highest BCUT2D eigenvalue weighted by Crippen LogP contribution is 2.27. The summed E-state index contributed by atoms with van der Waals surface area (Å²) in [6.07, 6.45) is 0.607. The van der Waals surface area contributed by atoms with Crippen LogP contribution in [0.3, 0.4) is 0 Å². The van der Waals surface area contributed by atoms with E-state index in [1.165, 1.54) is 23.5 Å². The summed E-state index contributed by atoms with van der Waals surface area (Å²) in [7, 11) is 0. The Morgan fingerprint density at radius 1 is 1.08 bits per heavy atom. The third-order valence-electron chi connectivity index (χ3n) is 6.69. The minimum atomic E-state index is -1.28. The number of ether oxygens (including phenoxy) is 1. The summed E-state index contributed by atoms with van der Waals surface area (Å²) in [5.74, 6) is 0.141. The lowest BCUT2D eigenvalue weighted by molar-refractivity contribution is -0.119. The van der Waals surface area contributed by atoms with Crippen LogP contribution in [0.5, 0.6) is 5.75 Å². The van der Waals surface area contributed by atoms with E-state index in [9.17, 15) is 23.2 Å². The summed E-state index contributed by atoms with van der Waals surface area (Å²) in [4.78, 5) is 44.9. The van der Waals surface area contributed by atoms with Gasteiger partial charge in [-0.2, -0.15) is 0 Å². The summed E-state index contributed by atoms with van der Waals surface area (Å²) in [5, 5.41) is 2.79. The van der Waals surface area contributed by atoms with Crippen molar-refractivity contribution in [1.82, 2.24) is 19.0 Å². The summed E-state index contributed by atoms with van der Waals surface area (Å²) in [6, 6.07) is 13.9. The summed E-state index contributed by atoms with van der Waals surface area (Å²) in [6.45, 7) is -1.08. The number of amides is 1. The zero-order valence-electron chi connectivity index (χ0n) is 20.5. The first-order valence-electron chi connectivity index (χ1n) is 12.3. The quantitative estimate of drug-likeness (QED) is 0.302. The van der Waals surface area contributed by atoms with E-state index in [-0.39, 0.29) is 23.7 Å². The van der Waals surface area contributed by atoms with E-state index in [2.05, 4.69) is 4.98 Å². The molecule has 1 amide bonds. The Labute approximate surface area is 220 Å². The molecule has 0 atom stereocenters. The maximum atomic E-state index is 13.8. The summed E-state index contributed by atoms with van der Waals surface area (Å²) < 4.78 is 34.3. The van der Waals surface area contributed by atoms with Gasteiger partial charge < -0.3 is 9.64 Å². The molecule has 0 spiro atoms. The summed E-state index contributed by atoms with van der Waals surface area (Å²) >= 11 is 1.42. The average Bonchev–Trinajstić information content (AvgIpc) is 3.44. The predicted molar refractivity (Wildman–Crippen MR) is 141 cm³/mol. The van der Waals surface area contributed by atoms with Crippen LogP contribution >= 0.6 is 11.3 Å². The molecule has 11 heteroatoms. The molecule has 0 saturated carbocycles. The Kier molecular flexibility index (Phi) is 7.64. The van der Waals surface area contributed by atoms with Gasteiger partial charge in [0.25, 0.3) is 5.56 Å². The van der Waals surface area contributed by atoms with E-state index in [0.717, 1.165) is 21.5 Å². The van der Waals surface area contributed by atoms with Crippen molar-refractivity contribution < 1.29 is 18.3 Å². The van der Waals surface area contributed by atoms with Crippen LogP contribution in [0, 0.1) is 0 Å². The van der Waals surface area contributed by atoms with Crippen molar-refractivity contribution >= 4 is 28.6 Å². The Morgan fingerprint density at radius 2 is 1.82 bits per heavy atom. The molecule has 0 bridgehead atoms. The van der Waals surface area contributed by atoms with Gasteiger partial charge in [0.2, 0.25) is 6.41 Å². The van der Waals surface area contributed by atoms with Crippen LogP contribution in [0.25, 0.3) is 21.5 Å². The highest BCUT2D eigenvalue weighted by molar-refractivity contribution is 7.13. The van der Waals surface area contributed by atoms with E-state index in [4.69, 9.17) is 4.74 Å². The van der Waals surface area contributed by atoms with Gasteiger partial charge in [0.05, 0.1) is 23.1 Å². The van der Waals surface area contributed by atoms with Crippen LogP contribution in [0.15, 0.2) is 63.5 Å². The first-order valence-corrected chi connectivity index (χ1v) is 13.2. The number of carbonyl (C=O) groups excluding carboxylic acids is 1. The highest BCUT2D eigenvalue weighted by atomic mass is 32.1. The molecule has 4 aromatic rings. The molecule has 1 aliphatic rings. The number of nitrogens with zero attached hydrogens (tertiary/aromatic N) is 4. The monoisotopic (exact) mass is 540 g/mol. The minimum Gasteiger partial charge on any atom is -0.485 e. The molecule has 1 saturated heterocycles. The fourth-order valence-corrected chi connectivity index (χ4v) is 5.55.